The fraction of sp³-hybridized carbons (Fsp3) is 0.357. The highest BCUT2D eigenvalue weighted by atomic mass is 16.5. The van der Waals surface area contributed by atoms with Crippen LogP contribution in [-0.2, 0) is 4.74 Å². The third kappa shape index (κ3) is 2.38. The minimum atomic E-state index is -0.336. The Balaban J connectivity index is 2.46. The number of fused-ring (bicyclic) bond motifs is 1. The lowest BCUT2D eigenvalue weighted by molar-refractivity contribution is 0.146. The molecule has 0 saturated carbocycles. The highest BCUT2D eigenvalue weighted by molar-refractivity contribution is 5.84. The van der Waals surface area contributed by atoms with Gasteiger partial charge >= 0.3 is 5.63 Å². The normalized spacial score (nSPS) is 10.8. The first kappa shape index (κ1) is 12.6. The lowest BCUT2D eigenvalue weighted by Gasteiger charge is -2.10. The molecule has 0 atom stereocenters. The molecule has 0 saturated heterocycles. The van der Waals surface area contributed by atoms with Crippen molar-refractivity contribution in [3.8, 4) is 5.75 Å². The van der Waals surface area contributed by atoms with Gasteiger partial charge in [0.2, 0.25) is 0 Å². The van der Waals surface area contributed by atoms with E-state index in [1.807, 2.05) is 26.0 Å². The zero-order valence-electron chi connectivity index (χ0n) is 10.8. The molecule has 18 heavy (non-hydrogen) atoms. The van der Waals surface area contributed by atoms with Crippen LogP contribution in [0.2, 0.25) is 0 Å². The Morgan fingerprint density at radius 3 is 2.72 bits per heavy atom. The summed E-state index contributed by atoms with van der Waals surface area (Å²) >= 11 is 0. The molecule has 0 N–H and O–H groups in total. The molecule has 1 aromatic carbocycles. The van der Waals surface area contributed by atoms with Crippen molar-refractivity contribution in [1.29, 1.82) is 0 Å². The van der Waals surface area contributed by atoms with Crippen LogP contribution in [0.25, 0.3) is 11.0 Å². The van der Waals surface area contributed by atoms with Gasteiger partial charge in [0.15, 0.2) is 0 Å². The van der Waals surface area contributed by atoms with E-state index in [4.69, 9.17) is 13.9 Å². The topological polar surface area (TPSA) is 48.7 Å². The summed E-state index contributed by atoms with van der Waals surface area (Å²) in [5.74, 6) is 0.716. The van der Waals surface area contributed by atoms with E-state index < -0.39 is 0 Å². The summed E-state index contributed by atoms with van der Waals surface area (Å²) in [6.07, 6.45) is 0. The maximum atomic E-state index is 11.4. The van der Waals surface area contributed by atoms with E-state index in [0.29, 0.717) is 24.5 Å². The second kappa shape index (κ2) is 5.23. The molecule has 0 radical (unpaired) electrons. The number of hydrogen-bond donors (Lipinski definition) is 0. The van der Waals surface area contributed by atoms with Gasteiger partial charge in [-0.05, 0) is 31.5 Å². The zero-order valence-corrected chi connectivity index (χ0v) is 10.8. The lowest BCUT2D eigenvalue weighted by atomic mass is 10.1. The van der Waals surface area contributed by atoms with E-state index in [1.165, 1.54) is 6.07 Å². The van der Waals surface area contributed by atoms with Gasteiger partial charge in [0, 0.05) is 24.1 Å². The monoisotopic (exact) mass is 248 g/mol. The third-order valence-corrected chi connectivity index (χ3v) is 2.86. The smallest absolute Gasteiger partial charge is 0.336 e. The van der Waals surface area contributed by atoms with E-state index in [9.17, 15) is 4.79 Å². The van der Waals surface area contributed by atoms with Crippen LogP contribution in [-0.4, -0.2) is 20.3 Å². The van der Waals surface area contributed by atoms with E-state index in [2.05, 4.69) is 0 Å². The molecule has 0 amide bonds. The largest absolute Gasteiger partial charge is 0.491 e. The van der Waals surface area contributed by atoms with Crippen LogP contribution in [0.15, 0.2) is 27.4 Å². The summed E-state index contributed by atoms with van der Waals surface area (Å²) in [5, 5.41) is 0.936. The molecule has 2 aromatic rings. The van der Waals surface area contributed by atoms with Crippen molar-refractivity contribution >= 4 is 11.0 Å². The van der Waals surface area contributed by atoms with Gasteiger partial charge in [-0.3, -0.25) is 0 Å². The molecule has 0 unspecified atom stereocenters. The zero-order chi connectivity index (χ0) is 13.1. The van der Waals surface area contributed by atoms with Gasteiger partial charge in [0.05, 0.1) is 6.61 Å². The maximum Gasteiger partial charge on any atom is 0.336 e. The van der Waals surface area contributed by atoms with Crippen LogP contribution in [0.1, 0.15) is 11.1 Å². The molecular weight excluding hydrogens is 232 g/mol. The first-order valence-electron chi connectivity index (χ1n) is 5.79. The molecule has 0 bridgehead atoms. The van der Waals surface area contributed by atoms with Crippen molar-refractivity contribution in [2.75, 3.05) is 20.3 Å². The first-order valence-corrected chi connectivity index (χ1v) is 5.79. The second-order valence-electron chi connectivity index (χ2n) is 4.16. The summed E-state index contributed by atoms with van der Waals surface area (Å²) in [6, 6.07) is 5.29. The quantitative estimate of drug-likeness (QED) is 0.616. The summed E-state index contributed by atoms with van der Waals surface area (Å²) in [7, 11) is 1.62. The number of methoxy groups -OCH3 is 1. The Hall–Kier alpha value is -1.81. The maximum absolute atomic E-state index is 11.4. The fourth-order valence-electron chi connectivity index (χ4n) is 1.89. The van der Waals surface area contributed by atoms with Crippen molar-refractivity contribution in [2.24, 2.45) is 0 Å². The van der Waals surface area contributed by atoms with Crippen molar-refractivity contribution in [2.45, 2.75) is 13.8 Å². The Kier molecular flexibility index (Phi) is 3.67. The van der Waals surface area contributed by atoms with Gasteiger partial charge in [-0.2, -0.15) is 0 Å². The summed E-state index contributed by atoms with van der Waals surface area (Å²) < 4.78 is 15.8. The van der Waals surface area contributed by atoms with E-state index in [1.54, 1.807) is 7.11 Å². The Morgan fingerprint density at radius 2 is 2.00 bits per heavy atom. The molecule has 96 valence electrons. The van der Waals surface area contributed by atoms with Crippen LogP contribution in [0, 0.1) is 13.8 Å². The van der Waals surface area contributed by atoms with E-state index >= 15 is 0 Å². The van der Waals surface area contributed by atoms with Crippen molar-refractivity contribution in [3.63, 3.8) is 0 Å². The van der Waals surface area contributed by atoms with Gasteiger partial charge in [-0.1, -0.05) is 0 Å². The van der Waals surface area contributed by atoms with Gasteiger partial charge in [0.25, 0.3) is 0 Å². The van der Waals surface area contributed by atoms with Crippen LogP contribution >= 0.6 is 0 Å². The number of benzene rings is 1. The molecular formula is C14H16O4. The molecule has 2 rings (SSSR count). The highest BCUT2D eigenvalue weighted by Gasteiger charge is 2.09. The first-order chi connectivity index (χ1) is 8.63. The fourth-order valence-corrected chi connectivity index (χ4v) is 1.89. The SMILES string of the molecule is COCCOc1ccc2c(C)cc(=O)oc2c1C. The summed E-state index contributed by atoms with van der Waals surface area (Å²) in [5.41, 5.74) is 2.00. The summed E-state index contributed by atoms with van der Waals surface area (Å²) in [6.45, 7) is 4.77. The van der Waals surface area contributed by atoms with Crippen molar-refractivity contribution in [1.82, 2.24) is 0 Å². The minimum absolute atomic E-state index is 0.336. The number of aryl methyl sites for hydroxylation is 2. The molecule has 0 aliphatic carbocycles. The molecule has 0 spiro atoms. The molecule has 0 fully saturated rings. The summed E-state index contributed by atoms with van der Waals surface area (Å²) in [4.78, 5) is 11.4. The molecule has 4 heteroatoms. The predicted octanol–water partition coefficient (Wildman–Crippen LogP) is 2.44. The highest BCUT2D eigenvalue weighted by Crippen LogP contribution is 2.27. The minimum Gasteiger partial charge on any atom is -0.491 e. The molecule has 4 nitrogen and oxygen atoms in total. The van der Waals surface area contributed by atoms with Crippen LogP contribution < -0.4 is 10.4 Å². The van der Waals surface area contributed by atoms with Gasteiger partial charge < -0.3 is 13.9 Å². The molecule has 1 aromatic heterocycles. The third-order valence-electron chi connectivity index (χ3n) is 2.86. The van der Waals surface area contributed by atoms with E-state index in [0.717, 1.165) is 16.5 Å². The van der Waals surface area contributed by atoms with Gasteiger partial charge in [-0.15, -0.1) is 0 Å². The van der Waals surface area contributed by atoms with E-state index in [-0.39, 0.29) is 5.63 Å². The lowest BCUT2D eigenvalue weighted by Crippen LogP contribution is -2.06. The second-order valence-corrected chi connectivity index (χ2v) is 4.16. The molecule has 0 aliphatic rings. The number of rotatable bonds is 4. The molecule has 1 heterocycles. The number of hydrogen-bond acceptors (Lipinski definition) is 4. The van der Waals surface area contributed by atoms with Crippen LogP contribution in [0.4, 0.5) is 0 Å². The standard InChI is InChI=1S/C14H16O4/c1-9-8-13(15)18-14-10(2)12(5-4-11(9)14)17-7-6-16-3/h4-5,8H,6-7H2,1-3H3. The predicted molar refractivity (Wildman–Crippen MR) is 69.3 cm³/mol. The average molecular weight is 248 g/mol. The number of ether oxygens (including phenoxy) is 2. The average Bonchev–Trinajstić information content (AvgIpc) is 2.33. The van der Waals surface area contributed by atoms with Gasteiger partial charge in [0.1, 0.15) is 17.9 Å². The van der Waals surface area contributed by atoms with Crippen molar-refractivity contribution in [3.05, 3.63) is 39.7 Å². The van der Waals surface area contributed by atoms with Crippen molar-refractivity contribution < 1.29 is 13.9 Å². The Morgan fingerprint density at radius 1 is 1.22 bits per heavy atom. The van der Waals surface area contributed by atoms with Gasteiger partial charge in [-0.25, -0.2) is 4.79 Å². The Labute approximate surface area is 105 Å². The van der Waals surface area contributed by atoms with Crippen LogP contribution in [0.5, 0.6) is 5.75 Å². The van der Waals surface area contributed by atoms with Crippen LogP contribution in [0.3, 0.4) is 0 Å². The Bertz CT molecular complexity index is 613. The molecule has 0 aliphatic heterocycles.